The Hall–Kier alpha value is -0.140. The van der Waals surface area contributed by atoms with Crippen molar-refractivity contribution in [3.05, 3.63) is 0 Å². The van der Waals surface area contributed by atoms with Crippen LogP contribution < -0.4 is 0 Å². The van der Waals surface area contributed by atoms with Crippen molar-refractivity contribution < 1.29 is 14.3 Å². The van der Waals surface area contributed by atoms with E-state index in [9.17, 15) is 9.36 Å². The molecule has 3 nitrogen and oxygen atoms in total. The number of carbonyl (C=O) groups excluding carboxylic acids is 1. The van der Waals surface area contributed by atoms with E-state index in [0.29, 0.717) is 0 Å². The van der Waals surface area contributed by atoms with Crippen LogP contribution >= 0.6 is 7.97 Å². The molecule has 0 aliphatic rings. The number of ketones is 1. The monoisotopic (exact) mass is 123 g/mol. The average Bonchev–Trinajstić information content (AvgIpc) is 1.21. The van der Waals surface area contributed by atoms with Crippen molar-refractivity contribution in [2.45, 2.75) is 6.92 Å². The summed E-state index contributed by atoms with van der Waals surface area (Å²) in [4.78, 5) is 18.2. The largest absolute Gasteiger partial charge is 0.346 e. The van der Waals surface area contributed by atoms with Gasteiger partial charge < -0.3 is 4.89 Å². The Morgan fingerprint density at radius 2 is 2.57 bits per heavy atom. The molecule has 0 saturated heterocycles. The highest BCUT2D eigenvalue weighted by Crippen LogP contribution is 2.10. The minimum absolute atomic E-state index is 0.425. The molecule has 1 N–H and O–H groups in total. The molecule has 0 bridgehead atoms. The lowest BCUT2D eigenvalue weighted by molar-refractivity contribution is -0.114. The van der Waals surface area contributed by atoms with Crippen LogP contribution in [0.15, 0.2) is 0 Å². The summed E-state index contributed by atoms with van der Waals surface area (Å²) in [5.41, 5.74) is 0. The number of hydrogen-bond acceptors (Lipinski definition) is 2. The summed E-state index contributed by atoms with van der Waals surface area (Å²) < 4.78 is 16.4. The molecule has 0 aromatic heterocycles. The summed E-state index contributed by atoms with van der Waals surface area (Å²) in [7, 11) is -3.82. The van der Waals surface area contributed by atoms with Gasteiger partial charge in [-0.15, -0.1) is 0 Å². The molecule has 0 heterocycles. The Balaban J connectivity index is 3.74. The van der Waals surface area contributed by atoms with E-state index in [4.69, 9.17) is 6.17 Å². The molecule has 1 unspecified atom stereocenters. The lowest BCUT2D eigenvalue weighted by atomic mass is 10.5. The molecule has 0 aromatic carbocycles. The van der Waals surface area contributed by atoms with Crippen molar-refractivity contribution in [3.8, 4) is 0 Å². The van der Waals surface area contributed by atoms with E-state index in [1.54, 1.807) is 0 Å². The normalized spacial score (nSPS) is 20.0. The van der Waals surface area contributed by atoms with Gasteiger partial charge in [-0.1, -0.05) is 0 Å². The summed E-state index contributed by atoms with van der Waals surface area (Å²) in [5.74, 6) is -0.425. The van der Waals surface area contributed by atoms with Crippen molar-refractivity contribution in [2.75, 3.05) is 6.16 Å². The van der Waals surface area contributed by atoms with E-state index >= 15 is 0 Å². The SMILES string of the molecule is [2H]P(=O)(O)CC(C)=O. The fraction of sp³-hybridized carbons (Fsp3) is 0.667. The molecular weight excluding hydrogens is 115 g/mol. The Labute approximate surface area is 43.5 Å². The minimum Gasteiger partial charge on any atom is -0.346 e. The third kappa shape index (κ3) is 5.86. The summed E-state index contributed by atoms with van der Waals surface area (Å²) in [6, 6.07) is 0. The van der Waals surface area contributed by atoms with E-state index in [-0.39, 0.29) is 0 Å². The molecule has 0 rings (SSSR count). The minimum atomic E-state index is -3.82. The summed E-state index contributed by atoms with van der Waals surface area (Å²) >= 11 is 0. The Morgan fingerprint density at radius 1 is 2.14 bits per heavy atom. The van der Waals surface area contributed by atoms with E-state index in [2.05, 4.69) is 0 Å². The first-order valence-electron chi connectivity index (χ1n) is 2.20. The van der Waals surface area contributed by atoms with Gasteiger partial charge in [0.2, 0.25) is 0 Å². The molecule has 7 heavy (non-hydrogen) atoms. The van der Waals surface area contributed by atoms with Gasteiger partial charge in [-0.2, -0.15) is 0 Å². The fourth-order valence-corrected chi connectivity index (χ4v) is 0.571. The second kappa shape index (κ2) is 2.94. The van der Waals surface area contributed by atoms with E-state index in [0.717, 1.165) is 0 Å². The molecule has 0 aromatic rings. The molecule has 0 aliphatic carbocycles. The molecule has 42 valence electrons. The highest BCUT2D eigenvalue weighted by molar-refractivity contribution is 7.39. The summed E-state index contributed by atoms with van der Waals surface area (Å²) in [6.45, 7) is 1.18. The maximum absolute atomic E-state index is 10.0. The zero-order valence-corrected chi connectivity index (χ0v) is 4.81. The first kappa shape index (κ1) is 5.01. The van der Waals surface area contributed by atoms with Gasteiger partial charge >= 0.3 is 0 Å². The number of hydrogen-bond donors (Lipinski definition) is 1. The van der Waals surface area contributed by atoms with Gasteiger partial charge in [-0.05, 0) is 6.92 Å². The highest BCUT2D eigenvalue weighted by atomic mass is 31.1. The second-order valence-electron chi connectivity index (χ2n) is 1.21. The van der Waals surface area contributed by atoms with Crippen LogP contribution in [0.5, 0.6) is 0 Å². The van der Waals surface area contributed by atoms with E-state index < -0.39 is 19.9 Å². The molecule has 0 aliphatic heterocycles. The predicted octanol–water partition coefficient (Wildman–Crippen LogP) is 0.0424. The quantitative estimate of drug-likeness (QED) is 0.527. The third-order valence-electron chi connectivity index (χ3n) is 0.358. The standard InChI is InChI=1S/C3H7O3P/c1-3(4)2-7(5)6/h7H,2H2,1H3,(H,5,6)/i7D. The topological polar surface area (TPSA) is 54.4 Å². The van der Waals surface area contributed by atoms with Gasteiger partial charge in [0.05, 0.1) is 6.16 Å². The average molecular weight is 123 g/mol. The lowest BCUT2D eigenvalue weighted by Gasteiger charge is -1.82. The van der Waals surface area contributed by atoms with Crippen molar-refractivity contribution in [1.82, 2.24) is 0 Å². The Morgan fingerprint density at radius 3 is 2.57 bits per heavy atom. The van der Waals surface area contributed by atoms with Gasteiger partial charge in [-0.25, -0.2) is 0 Å². The van der Waals surface area contributed by atoms with E-state index in [1.807, 2.05) is 0 Å². The van der Waals surface area contributed by atoms with Gasteiger partial charge in [0.25, 0.3) is 0 Å². The van der Waals surface area contributed by atoms with Gasteiger partial charge in [0.1, 0.15) is 7.06 Å². The number of carbonyl (C=O) groups is 1. The summed E-state index contributed by atoms with van der Waals surface area (Å²) in [5, 5.41) is 0. The third-order valence-corrected chi connectivity index (χ3v) is 1.07. The Kier molecular flexibility index (Phi) is 2.10. The van der Waals surface area contributed by atoms with Crippen LogP contribution in [0.1, 0.15) is 6.92 Å². The van der Waals surface area contributed by atoms with Crippen LogP contribution in [0.25, 0.3) is 0 Å². The van der Waals surface area contributed by atoms with E-state index in [1.165, 1.54) is 6.92 Å². The van der Waals surface area contributed by atoms with Gasteiger partial charge in [0.15, 0.2) is 7.97 Å². The van der Waals surface area contributed by atoms with Gasteiger partial charge in [0, 0.05) is 0 Å². The van der Waals surface area contributed by atoms with Crippen molar-refractivity contribution >= 4 is 13.8 Å². The predicted molar refractivity (Wildman–Crippen MR) is 26.8 cm³/mol. The maximum Gasteiger partial charge on any atom is 0.196 e. The zero-order valence-electron chi connectivity index (χ0n) is 4.92. The van der Waals surface area contributed by atoms with Crippen molar-refractivity contribution in [1.29, 1.82) is 1.28 Å². The van der Waals surface area contributed by atoms with Crippen LogP contribution in [0.3, 0.4) is 0 Å². The van der Waals surface area contributed by atoms with Crippen LogP contribution in [0, 0.1) is 0 Å². The van der Waals surface area contributed by atoms with Crippen LogP contribution in [0.4, 0.5) is 0 Å². The molecule has 0 spiro atoms. The fourth-order valence-electron chi connectivity index (χ4n) is 0.190. The second-order valence-corrected chi connectivity index (χ2v) is 2.23. The lowest BCUT2D eigenvalue weighted by Crippen LogP contribution is -1.91. The van der Waals surface area contributed by atoms with Crippen molar-refractivity contribution in [3.63, 3.8) is 0 Å². The van der Waals surface area contributed by atoms with Gasteiger partial charge in [-0.3, -0.25) is 9.36 Å². The molecule has 4 heteroatoms. The zero-order chi connectivity index (χ0) is 6.78. The molecule has 0 amide bonds. The van der Waals surface area contributed by atoms with Crippen LogP contribution in [-0.2, 0) is 9.36 Å². The Bertz CT molecular complexity index is 137. The molecule has 0 radical (unpaired) electrons. The van der Waals surface area contributed by atoms with Crippen LogP contribution in [-0.4, -0.2) is 18.1 Å². The highest BCUT2D eigenvalue weighted by Gasteiger charge is 1.94. The smallest absolute Gasteiger partial charge is 0.196 e. The number of Topliss-reactive ketones (excluding diaryl/α,β-unsaturated/α-hetero) is 1. The number of rotatable bonds is 2. The van der Waals surface area contributed by atoms with Crippen molar-refractivity contribution in [2.24, 2.45) is 0 Å². The maximum atomic E-state index is 10.0. The molecular formula is C3H7O3P. The molecule has 1 atom stereocenters. The van der Waals surface area contributed by atoms with Crippen LogP contribution in [0.2, 0.25) is 0 Å². The summed E-state index contributed by atoms with van der Waals surface area (Å²) in [6.07, 6.45) is -0.535. The molecule has 0 saturated carbocycles. The first-order chi connectivity index (χ1) is 3.42. The molecule has 0 fully saturated rings. The first-order valence-corrected chi connectivity index (χ1v) is 3.15.